The van der Waals surface area contributed by atoms with Crippen molar-refractivity contribution < 1.29 is 23.1 Å². The number of carbonyl (C=O) groups is 2. The molecule has 35 heavy (non-hydrogen) atoms. The second-order valence-electron chi connectivity index (χ2n) is 7.88. The number of imidazole rings is 1. The van der Waals surface area contributed by atoms with Gasteiger partial charge in [0.1, 0.15) is 0 Å². The number of carboxylic acids is 1. The fraction of sp³-hybridized carbons (Fsp3) is 0.160. The maximum Gasteiger partial charge on any atom is 0.303 e. The van der Waals surface area contributed by atoms with Gasteiger partial charge < -0.3 is 9.67 Å². The zero-order valence-electron chi connectivity index (χ0n) is 18.7. The van der Waals surface area contributed by atoms with Gasteiger partial charge in [0.05, 0.1) is 15.9 Å². The van der Waals surface area contributed by atoms with Crippen molar-refractivity contribution in [2.45, 2.75) is 30.7 Å². The monoisotopic (exact) mass is 492 g/mol. The Morgan fingerprint density at radius 1 is 0.914 bits per heavy atom. The molecule has 3 aromatic carbocycles. The molecule has 10 heteroatoms. The second-order valence-corrected chi connectivity index (χ2v) is 9.56. The number of unbranched alkanes of at least 4 members (excludes halogenated alkanes) is 1. The van der Waals surface area contributed by atoms with Gasteiger partial charge in [-0.05, 0) is 55.3 Å². The largest absolute Gasteiger partial charge is 0.481 e. The molecule has 0 atom stereocenters. The summed E-state index contributed by atoms with van der Waals surface area (Å²) in [5, 5.41) is 11.7. The number of sulfonamides is 1. The zero-order chi connectivity index (χ0) is 24.8. The average Bonchev–Trinajstić information content (AvgIpc) is 3.19. The molecule has 0 radical (unpaired) electrons. The molecule has 0 saturated carbocycles. The molecule has 3 N–H and O–H groups in total. The highest BCUT2D eigenvalue weighted by Gasteiger charge is 2.17. The molecule has 0 aliphatic rings. The minimum atomic E-state index is -3.80. The molecule has 1 aromatic heterocycles. The Kier molecular flexibility index (Phi) is 7.11. The molecule has 0 unspecified atom stereocenters. The molecule has 0 saturated heterocycles. The van der Waals surface area contributed by atoms with Gasteiger partial charge in [0.2, 0.25) is 5.95 Å². The summed E-state index contributed by atoms with van der Waals surface area (Å²) >= 11 is 0. The van der Waals surface area contributed by atoms with Crippen molar-refractivity contribution >= 4 is 44.6 Å². The minimum Gasteiger partial charge on any atom is -0.481 e. The molecule has 1 amide bonds. The third-order valence-electron chi connectivity index (χ3n) is 5.33. The third kappa shape index (κ3) is 5.85. The van der Waals surface area contributed by atoms with Crippen LogP contribution in [0.2, 0.25) is 0 Å². The summed E-state index contributed by atoms with van der Waals surface area (Å²) < 4.78 is 29.6. The van der Waals surface area contributed by atoms with Gasteiger partial charge in [-0.2, -0.15) is 0 Å². The van der Waals surface area contributed by atoms with E-state index in [0.717, 1.165) is 5.52 Å². The summed E-state index contributed by atoms with van der Waals surface area (Å²) in [5.41, 5.74) is 2.03. The topological polar surface area (TPSA) is 130 Å². The molecule has 0 aliphatic heterocycles. The minimum absolute atomic E-state index is 0.0694. The molecule has 4 rings (SSSR count). The highest BCUT2D eigenvalue weighted by Crippen LogP contribution is 2.22. The predicted octanol–water partition coefficient (Wildman–Crippen LogP) is 4.34. The number of para-hydroxylation sites is 2. The van der Waals surface area contributed by atoms with Crippen LogP contribution in [-0.4, -0.2) is 35.0 Å². The van der Waals surface area contributed by atoms with E-state index < -0.39 is 21.9 Å². The predicted molar refractivity (Wildman–Crippen MR) is 133 cm³/mol. The van der Waals surface area contributed by atoms with Crippen molar-refractivity contribution in [2.75, 3.05) is 10.0 Å². The molecule has 1 heterocycles. The summed E-state index contributed by atoms with van der Waals surface area (Å²) in [4.78, 5) is 28.5. The lowest BCUT2D eigenvalue weighted by molar-refractivity contribution is -0.137. The van der Waals surface area contributed by atoms with Crippen LogP contribution in [0.1, 0.15) is 29.6 Å². The molecule has 0 bridgehead atoms. The van der Waals surface area contributed by atoms with Crippen molar-refractivity contribution in [1.29, 1.82) is 0 Å². The number of fused-ring (bicyclic) bond motifs is 1. The quantitative estimate of drug-likeness (QED) is 0.282. The van der Waals surface area contributed by atoms with Crippen molar-refractivity contribution in [1.82, 2.24) is 9.55 Å². The summed E-state index contributed by atoms with van der Waals surface area (Å²) in [6, 6.07) is 21.6. The van der Waals surface area contributed by atoms with Gasteiger partial charge in [-0.15, -0.1) is 0 Å². The SMILES string of the molecule is O=C(O)CCCCn1c(NC(=O)c2cccc(NS(=O)(=O)c3ccccc3)c2)nc2ccccc21. The van der Waals surface area contributed by atoms with Crippen LogP contribution >= 0.6 is 0 Å². The number of nitrogens with one attached hydrogen (secondary N) is 2. The number of rotatable bonds is 10. The van der Waals surface area contributed by atoms with Crippen LogP contribution in [0.25, 0.3) is 11.0 Å². The first-order valence-corrected chi connectivity index (χ1v) is 12.5. The smallest absolute Gasteiger partial charge is 0.303 e. The zero-order valence-corrected chi connectivity index (χ0v) is 19.5. The summed E-state index contributed by atoms with van der Waals surface area (Å²) in [7, 11) is -3.80. The lowest BCUT2D eigenvalue weighted by Gasteiger charge is -2.11. The van der Waals surface area contributed by atoms with Gasteiger partial charge >= 0.3 is 5.97 Å². The Labute approximate surface area is 202 Å². The standard InChI is InChI=1S/C25H24N4O5S/c30-23(31)15-6-7-16-29-22-14-5-4-13-21(22)26-25(29)27-24(32)18-9-8-10-19(17-18)28-35(33,34)20-11-2-1-3-12-20/h1-5,8-14,17,28H,6-7,15-16H2,(H,30,31)(H,26,27,32). The lowest BCUT2D eigenvalue weighted by atomic mass is 10.2. The summed E-state index contributed by atoms with van der Waals surface area (Å²) in [6.45, 7) is 0.486. The van der Waals surface area contributed by atoms with Crippen LogP contribution in [0.15, 0.2) is 83.8 Å². The molecule has 0 fully saturated rings. The van der Waals surface area contributed by atoms with Crippen molar-refractivity contribution in [3.63, 3.8) is 0 Å². The van der Waals surface area contributed by atoms with E-state index >= 15 is 0 Å². The Bertz CT molecular complexity index is 1470. The Balaban J connectivity index is 1.53. The normalized spacial score (nSPS) is 11.3. The number of nitrogens with zero attached hydrogens (tertiary/aromatic N) is 2. The van der Waals surface area contributed by atoms with Crippen LogP contribution in [-0.2, 0) is 21.4 Å². The molecule has 0 aliphatic carbocycles. The lowest BCUT2D eigenvalue weighted by Crippen LogP contribution is -2.17. The van der Waals surface area contributed by atoms with Crippen LogP contribution in [0.5, 0.6) is 0 Å². The maximum absolute atomic E-state index is 13.0. The Morgan fingerprint density at radius 3 is 2.43 bits per heavy atom. The molecule has 180 valence electrons. The number of hydrogen-bond donors (Lipinski definition) is 3. The van der Waals surface area contributed by atoms with E-state index in [1.165, 1.54) is 18.2 Å². The summed E-state index contributed by atoms with van der Waals surface area (Å²) in [5.74, 6) is -0.966. The van der Waals surface area contributed by atoms with E-state index in [1.807, 2.05) is 28.8 Å². The van der Waals surface area contributed by atoms with E-state index in [2.05, 4.69) is 15.0 Å². The van der Waals surface area contributed by atoms with Gasteiger partial charge in [-0.25, -0.2) is 13.4 Å². The van der Waals surface area contributed by atoms with E-state index in [-0.39, 0.29) is 22.6 Å². The Hall–Kier alpha value is -4.18. The van der Waals surface area contributed by atoms with Gasteiger partial charge in [0, 0.05) is 24.2 Å². The second kappa shape index (κ2) is 10.4. The first kappa shape index (κ1) is 24.0. The first-order chi connectivity index (χ1) is 16.8. The molecule has 4 aromatic rings. The van der Waals surface area contributed by atoms with E-state index in [1.54, 1.807) is 36.4 Å². The van der Waals surface area contributed by atoms with Crippen molar-refractivity contribution in [3.05, 3.63) is 84.4 Å². The maximum atomic E-state index is 13.0. The number of anilines is 2. The van der Waals surface area contributed by atoms with Crippen LogP contribution in [0.4, 0.5) is 11.6 Å². The van der Waals surface area contributed by atoms with E-state index in [4.69, 9.17) is 5.11 Å². The number of aryl methyl sites for hydroxylation is 1. The Morgan fingerprint density at radius 2 is 1.66 bits per heavy atom. The average molecular weight is 493 g/mol. The van der Waals surface area contributed by atoms with Gasteiger partial charge in [0.15, 0.2) is 0 Å². The summed E-state index contributed by atoms with van der Waals surface area (Å²) in [6.07, 6.45) is 1.17. The fourth-order valence-corrected chi connectivity index (χ4v) is 4.73. The van der Waals surface area contributed by atoms with Crippen molar-refractivity contribution in [2.24, 2.45) is 0 Å². The number of carbonyl (C=O) groups excluding carboxylic acids is 1. The molecular weight excluding hydrogens is 468 g/mol. The molecule has 0 spiro atoms. The van der Waals surface area contributed by atoms with Crippen LogP contribution < -0.4 is 10.0 Å². The van der Waals surface area contributed by atoms with E-state index in [9.17, 15) is 18.0 Å². The van der Waals surface area contributed by atoms with Crippen molar-refractivity contribution in [3.8, 4) is 0 Å². The third-order valence-corrected chi connectivity index (χ3v) is 6.73. The molecular formula is C25H24N4O5S. The number of hydrogen-bond acceptors (Lipinski definition) is 5. The number of benzene rings is 3. The number of aliphatic carboxylic acids is 1. The highest BCUT2D eigenvalue weighted by molar-refractivity contribution is 7.92. The van der Waals surface area contributed by atoms with Gasteiger partial charge in [-0.3, -0.25) is 19.6 Å². The van der Waals surface area contributed by atoms with Gasteiger partial charge in [-0.1, -0.05) is 36.4 Å². The van der Waals surface area contributed by atoms with Crippen LogP contribution in [0.3, 0.4) is 0 Å². The fourth-order valence-electron chi connectivity index (χ4n) is 3.65. The number of carboxylic acid groups (broad SMARTS) is 1. The number of amides is 1. The van der Waals surface area contributed by atoms with E-state index in [0.29, 0.717) is 30.9 Å². The first-order valence-electron chi connectivity index (χ1n) is 11.0. The van der Waals surface area contributed by atoms with Gasteiger partial charge in [0.25, 0.3) is 15.9 Å². The molecule has 9 nitrogen and oxygen atoms in total. The van der Waals surface area contributed by atoms with Crippen LogP contribution in [0, 0.1) is 0 Å². The number of aromatic nitrogens is 2. The highest BCUT2D eigenvalue weighted by atomic mass is 32.2.